The summed E-state index contributed by atoms with van der Waals surface area (Å²) in [5.41, 5.74) is 2.47. The first-order valence-electron chi connectivity index (χ1n) is 10.6. The number of fused-ring (bicyclic) bond motifs is 1. The van der Waals surface area contributed by atoms with Crippen molar-refractivity contribution in [2.45, 2.75) is 39.8 Å². The molecule has 4 atom stereocenters. The molecule has 1 aromatic carbocycles. The highest BCUT2D eigenvalue weighted by molar-refractivity contribution is 5.98. The SMILES string of the molecule is CC(=O)N1c2ccc(C(=O)NC[C@@H](C)C=O)cc2[C@H](Nc2ccc(C#N)cn2)[C@@H](C)[C@@H]1C. The predicted octanol–water partition coefficient (Wildman–Crippen LogP) is 3.06. The van der Waals surface area contributed by atoms with Gasteiger partial charge >= 0.3 is 0 Å². The van der Waals surface area contributed by atoms with Crippen molar-refractivity contribution in [1.82, 2.24) is 10.3 Å². The molecule has 8 heteroatoms. The van der Waals surface area contributed by atoms with Crippen molar-refractivity contribution in [2.75, 3.05) is 16.8 Å². The zero-order valence-corrected chi connectivity index (χ0v) is 18.6. The van der Waals surface area contributed by atoms with E-state index in [4.69, 9.17) is 5.26 Å². The van der Waals surface area contributed by atoms with Crippen LogP contribution in [-0.2, 0) is 9.59 Å². The Morgan fingerprint density at radius 2 is 2.03 bits per heavy atom. The number of hydrogen-bond donors (Lipinski definition) is 2. The standard InChI is InChI=1S/C24H27N5O3/c1-14(13-30)11-27-24(32)19-6-7-21-20(9-19)23(15(2)16(3)29(21)17(4)31)28-22-8-5-18(10-25)12-26-22/h5-9,12-16,23H,11H2,1-4H3,(H,26,28)(H,27,32)/t14-,15+,16+,23-/m1/s1. The first-order chi connectivity index (χ1) is 15.3. The zero-order chi connectivity index (χ0) is 23.4. The Morgan fingerprint density at radius 3 is 2.62 bits per heavy atom. The molecule has 2 amide bonds. The van der Waals surface area contributed by atoms with Crippen LogP contribution >= 0.6 is 0 Å². The fourth-order valence-corrected chi connectivity index (χ4v) is 3.95. The van der Waals surface area contributed by atoms with E-state index in [9.17, 15) is 14.4 Å². The summed E-state index contributed by atoms with van der Waals surface area (Å²) >= 11 is 0. The fourth-order valence-electron chi connectivity index (χ4n) is 3.95. The van der Waals surface area contributed by atoms with Crippen LogP contribution in [0.25, 0.3) is 0 Å². The normalized spacial score (nSPS) is 20.5. The van der Waals surface area contributed by atoms with Crippen molar-refractivity contribution in [3.05, 3.63) is 53.2 Å². The molecule has 0 saturated carbocycles. The van der Waals surface area contributed by atoms with Crippen molar-refractivity contribution < 1.29 is 14.4 Å². The highest BCUT2D eigenvalue weighted by Gasteiger charge is 2.38. The van der Waals surface area contributed by atoms with Gasteiger partial charge in [-0.1, -0.05) is 13.8 Å². The number of nitrogens with one attached hydrogen (secondary N) is 2. The summed E-state index contributed by atoms with van der Waals surface area (Å²) in [4.78, 5) is 42.0. The lowest BCUT2D eigenvalue weighted by Gasteiger charge is -2.44. The van der Waals surface area contributed by atoms with Crippen LogP contribution in [-0.4, -0.2) is 35.7 Å². The molecule has 1 aliphatic rings. The van der Waals surface area contributed by atoms with Gasteiger partial charge in [0.05, 0.1) is 11.6 Å². The average Bonchev–Trinajstić information content (AvgIpc) is 2.80. The molecular weight excluding hydrogens is 406 g/mol. The average molecular weight is 434 g/mol. The molecule has 0 unspecified atom stereocenters. The molecule has 0 aliphatic carbocycles. The molecule has 0 bridgehead atoms. The van der Waals surface area contributed by atoms with E-state index >= 15 is 0 Å². The molecule has 166 valence electrons. The summed E-state index contributed by atoms with van der Waals surface area (Å²) in [6.07, 6.45) is 2.30. The lowest BCUT2D eigenvalue weighted by atomic mass is 9.82. The molecule has 1 aliphatic heterocycles. The molecule has 8 nitrogen and oxygen atoms in total. The second-order valence-electron chi connectivity index (χ2n) is 8.25. The smallest absolute Gasteiger partial charge is 0.251 e. The Kier molecular flexibility index (Phi) is 6.89. The van der Waals surface area contributed by atoms with Gasteiger partial charge in [0, 0.05) is 48.8 Å². The number of nitriles is 1. The highest BCUT2D eigenvalue weighted by Crippen LogP contribution is 2.42. The van der Waals surface area contributed by atoms with Gasteiger partial charge < -0.3 is 20.3 Å². The van der Waals surface area contributed by atoms with Crippen LogP contribution in [0.3, 0.4) is 0 Å². The Morgan fingerprint density at radius 1 is 1.28 bits per heavy atom. The second kappa shape index (κ2) is 9.60. The minimum atomic E-state index is -0.280. The summed E-state index contributed by atoms with van der Waals surface area (Å²) in [5.74, 6) is -0.0142. The molecule has 0 fully saturated rings. The van der Waals surface area contributed by atoms with E-state index in [-0.39, 0.29) is 42.3 Å². The van der Waals surface area contributed by atoms with Crippen LogP contribution in [0, 0.1) is 23.2 Å². The maximum Gasteiger partial charge on any atom is 0.251 e. The number of carbonyl (C=O) groups is 3. The second-order valence-corrected chi connectivity index (χ2v) is 8.25. The molecule has 0 spiro atoms. The van der Waals surface area contributed by atoms with Gasteiger partial charge in [-0.25, -0.2) is 4.98 Å². The molecule has 2 N–H and O–H groups in total. The molecule has 0 radical (unpaired) electrons. The van der Waals surface area contributed by atoms with Crippen LogP contribution in [0.15, 0.2) is 36.5 Å². The van der Waals surface area contributed by atoms with Crippen molar-refractivity contribution in [2.24, 2.45) is 11.8 Å². The minimum absolute atomic E-state index is 0.0113. The maximum atomic E-state index is 12.7. The molecule has 2 aromatic rings. The van der Waals surface area contributed by atoms with Gasteiger partial charge in [-0.2, -0.15) is 5.26 Å². The van der Waals surface area contributed by atoms with E-state index in [1.165, 1.54) is 13.1 Å². The fraction of sp³-hybridized carbons (Fsp3) is 0.375. The van der Waals surface area contributed by atoms with Crippen LogP contribution in [0.5, 0.6) is 0 Å². The Labute approximate surface area is 187 Å². The summed E-state index contributed by atoms with van der Waals surface area (Å²) in [7, 11) is 0. The number of benzene rings is 1. The summed E-state index contributed by atoms with van der Waals surface area (Å²) in [6, 6.07) is 10.5. The van der Waals surface area contributed by atoms with Crippen molar-refractivity contribution >= 4 is 29.6 Å². The highest BCUT2D eigenvalue weighted by atomic mass is 16.2. The Bertz CT molecular complexity index is 1060. The summed E-state index contributed by atoms with van der Waals surface area (Å²) < 4.78 is 0. The molecule has 3 rings (SSSR count). The molecular formula is C24H27N5O3. The largest absolute Gasteiger partial charge is 0.363 e. The Balaban J connectivity index is 1.99. The van der Waals surface area contributed by atoms with Crippen LogP contribution in [0.1, 0.15) is 55.2 Å². The van der Waals surface area contributed by atoms with Gasteiger partial charge in [-0.15, -0.1) is 0 Å². The van der Waals surface area contributed by atoms with E-state index in [1.807, 2.05) is 13.8 Å². The van der Waals surface area contributed by atoms with E-state index < -0.39 is 0 Å². The topological polar surface area (TPSA) is 115 Å². The third-order valence-corrected chi connectivity index (χ3v) is 5.93. The van der Waals surface area contributed by atoms with Gasteiger partial charge in [-0.05, 0) is 42.8 Å². The predicted molar refractivity (Wildman–Crippen MR) is 121 cm³/mol. The molecule has 1 aromatic heterocycles. The first kappa shape index (κ1) is 22.9. The third-order valence-electron chi connectivity index (χ3n) is 5.93. The number of aldehydes is 1. The number of amides is 2. The number of anilines is 2. The van der Waals surface area contributed by atoms with Gasteiger partial charge in [0.25, 0.3) is 5.91 Å². The third kappa shape index (κ3) is 4.62. The van der Waals surface area contributed by atoms with Gasteiger partial charge in [0.1, 0.15) is 18.2 Å². The van der Waals surface area contributed by atoms with E-state index in [2.05, 4.69) is 21.7 Å². The van der Waals surface area contributed by atoms with Gasteiger partial charge in [-0.3, -0.25) is 9.59 Å². The van der Waals surface area contributed by atoms with Crippen LogP contribution < -0.4 is 15.5 Å². The van der Waals surface area contributed by atoms with E-state index in [0.717, 1.165) is 17.5 Å². The number of carbonyl (C=O) groups excluding carboxylic acids is 3. The summed E-state index contributed by atoms with van der Waals surface area (Å²) in [5, 5.41) is 15.2. The zero-order valence-electron chi connectivity index (χ0n) is 18.6. The van der Waals surface area contributed by atoms with Crippen LogP contribution in [0.4, 0.5) is 11.5 Å². The number of aromatic nitrogens is 1. The minimum Gasteiger partial charge on any atom is -0.363 e. The van der Waals surface area contributed by atoms with Crippen LogP contribution in [0.2, 0.25) is 0 Å². The first-order valence-corrected chi connectivity index (χ1v) is 10.6. The van der Waals surface area contributed by atoms with Gasteiger partial charge in [0.15, 0.2) is 0 Å². The van der Waals surface area contributed by atoms with Crippen molar-refractivity contribution in [3.63, 3.8) is 0 Å². The van der Waals surface area contributed by atoms with Crippen molar-refractivity contribution in [1.29, 1.82) is 5.26 Å². The number of pyridine rings is 1. The molecule has 2 heterocycles. The monoisotopic (exact) mass is 433 g/mol. The quantitative estimate of drug-likeness (QED) is 0.677. The van der Waals surface area contributed by atoms with E-state index in [0.29, 0.717) is 16.9 Å². The summed E-state index contributed by atoms with van der Waals surface area (Å²) in [6.45, 7) is 7.56. The number of hydrogen-bond acceptors (Lipinski definition) is 6. The Hall–Kier alpha value is -3.73. The van der Waals surface area contributed by atoms with Crippen molar-refractivity contribution in [3.8, 4) is 6.07 Å². The maximum absolute atomic E-state index is 12.7. The lowest BCUT2D eigenvalue weighted by Crippen LogP contribution is -2.48. The number of rotatable bonds is 6. The van der Waals surface area contributed by atoms with E-state index in [1.54, 1.807) is 42.2 Å². The number of nitrogens with zero attached hydrogens (tertiary/aromatic N) is 3. The molecule has 0 saturated heterocycles. The molecule has 32 heavy (non-hydrogen) atoms. The lowest BCUT2D eigenvalue weighted by molar-refractivity contribution is -0.117. The van der Waals surface area contributed by atoms with Gasteiger partial charge in [0.2, 0.25) is 5.91 Å².